The van der Waals surface area contributed by atoms with Crippen LogP contribution in [0, 0.1) is 0 Å². The molecule has 0 aliphatic heterocycles. The van der Waals surface area contributed by atoms with E-state index in [-0.39, 0.29) is 11.6 Å². The van der Waals surface area contributed by atoms with Crippen LogP contribution in [0.15, 0.2) is 24.3 Å². The van der Waals surface area contributed by atoms with E-state index in [4.69, 9.17) is 4.74 Å². The van der Waals surface area contributed by atoms with E-state index >= 15 is 0 Å². The second-order valence-electron chi connectivity index (χ2n) is 6.99. The maximum Gasteiger partial charge on any atom is 0.119 e. The van der Waals surface area contributed by atoms with Crippen LogP contribution in [0.1, 0.15) is 65.9 Å². The van der Waals surface area contributed by atoms with Gasteiger partial charge in [-0.1, -0.05) is 25.5 Å². The quantitative estimate of drug-likeness (QED) is 0.649. The normalized spacial score (nSPS) is 13.2. The van der Waals surface area contributed by atoms with Crippen LogP contribution in [-0.2, 0) is 6.42 Å². The predicted octanol–water partition coefficient (Wildman–Crippen LogP) is 4.96. The first-order valence-corrected chi connectivity index (χ1v) is 8.41. The molecule has 0 aromatic heterocycles. The topological polar surface area (TPSA) is 21.3 Å². The number of benzene rings is 1. The molecule has 0 saturated carbocycles. The van der Waals surface area contributed by atoms with Gasteiger partial charge >= 0.3 is 0 Å². The molecule has 2 heteroatoms. The van der Waals surface area contributed by atoms with Crippen molar-refractivity contribution in [2.24, 2.45) is 0 Å². The number of unbranched alkanes of at least 4 members (excludes halogenated alkanes) is 1. The second-order valence-corrected chi connectivity index (χ2v) is 6.99. The van der Waals surface area contributed by atoms with Gasteiger partial charge in [0.25, 0.3) is 0 Å². The summed E-state index contributed by atoms with van der Waals surface area (Å²) in [6, 6.07) is 8.60. The first kappa shape index (κ1) is 18.0. The van der Waals surface area contributed by atoms with E-state index < -0.39 is 0 Å². The smallest absolute Gasteiger partial charge is 0.119 e. The third kappa shape index (κ3) is 8.77. The Bertz CT molecular complexity index is 378. The molecule has 120 valence electrons. The van der Waals surface area contributed by atoms with Gasteiger partial charge in [-0.2, -0.15) is 0 Å². The van der Waals surface area contributed by atoms with Gasteiger partial charge < -0.3 is 10.1 Å². The number of aryl methyl sites for hydroxylation is 1. The largest absolute Gasteiger partial charge is 0.491 e. The van der Waals surface area contributed by atoms with Crippen molar-refractivity contribution >= 4 is 0 Å². The zero-order valence-electron chi connectivity index (χ0n) is 14.5. The van der Waals surface area contributed by atoms with Crippen molar-refractivity contribution in [1.29, 1.82) is 0 Å². The average Bonchev–Trinajstić information content (AvgIpc) is 2.42. The van der Waals surface area contributed by atoms with Crippen LogP contribution < -0.4 is 10.1 Å². The van der Waals surface area contributed by atoms with E-state index in [2.05, 4.69) is 64.2 Å². The molecule has 2 nitrogen and oxygen atoms in total. The molecule has 0 aliphatic carbocycles. The van der Waals surface area contributed by atoms with Gasteiger partial charge in [0.2, 0.25) is 0 Å². The molecular weight excluding hydrogens is 258 g/mol. The lowest BCUT2D eigenvalue weighted by Gasteiger charge is -2.21. The molecule has 0 aliphatic rings. The van der Waals surface area contributed by atoms with E-state index in [1.54, 1.807) is 0 Å². The SMILES string of the molecule is CCCCc1ccc(OC(C)CCCNC(C)(C)C)cc1. The standard InChI is InChI=1S/C19H33NO/c1-6-7-10-17-11-13-18(14-12-17)21-16(2)9-8-15-20-19(3,4)5/h11-14,16,20H,6-10,15H2,1-5H3. The van der Waals surface area contributed by atoms with Crippen molar-refractivity contribution in [3.8, 4) is 5.75 Å². The summed E-state index contributed by atoms with van der Waals surface area (Å²) in [5, 5.41) is 3.51. The molecule has 0 saturated heterocycles. The zero-order valence-corrected chi connectivity index (χ0v) is 14.5. The number of ether oxygens (including phenoxy) is 1. The van der Waals surface area contributed by atoms with Gasteiger partial charge in [0.1, 0.15) is 5.75 Å². The van der Waals surface area contributed by atoms with Crippen molar-refractivity contribution in [3.63, 3.8) is 0 Å². The number of hydrogen-bond acceptors (Lipinski definition) is 2. The molecule has 0 spiro atoms. The summed E-state index contributed by atoms with van der Waals surface area (Å²) in [6.45, 7) is 12.0. The third-order valence-corrected chi connectivity index (χ3v) is 3.52. The lowest BCUT2D eigenvalue weighted by Crippen LogP contribution is -2.36. The van der Waals surface area contributed by atoms with E-state index in [1.807, 2.05) is 0 Å². The highest BCUT2D eigenvalue weighted by molar-refractivity contribution is 5.27. The van der Waals surface area contributed by atoms with Gasteiger partial charge in [0.15, 0.2) is 0 Å². The van der Waals surface area contributed by atoms with Crippen LogP contribution in [0.3, 0.4) is 0 Å². The lowest BCUT2D eigenvalue weighted by molar-refractivity contribution is 0.206. The fourth-order valence-corrected chi connectivity index (χ4v) is 2.26. The summed E-state index contributed by atoms with van der Waals surface area (Å²) in [4.78, 5) is 0. The molecule has 1 N–H and O–H groups in total. The van der Waals surface area contributed by atoms with Gasteiger partial charge in [-0.25, -0.2) is 0 Å². The minimum atomic E-state index is 0.207. The number of rotatable bonds is 9. The lowest BCUT2D eigenvalue weighted by atomic mass is 10.1. The zero-order chi connectivity index (χ0) is 15.7. The van der Waals surface area contributed by atoms with Crippen LogP contribution in [-0.4, -0.2) is 18.2 Å². The summed E-state index contributed by atoms with van der Waals surface area (Å²) >= 11 is 0. The van der Waals surface area contributed by atoms with E-state index in [1.165, 1.54) is 24.8 Å². The van der Waals surface area contributed by atoms with Crippen molar-refractivity contribution in [2.75, 3.05) is 6.54 Å². The average molecular weight is 291 g/mol. The molecule has 0 amide bonds. The van der Waals surface area contributed by atoms with Crippen LogP contribution in [0.25, 0.3) is 0 Å². The monoisotopic (exact) mass is 291 g/mol. The number of nitrogens with one attached hydrogen (secondary N) is 1. The van der Waals surface area contributed by atoms with Gasteiger partial charge in [0.05, 0.1) is 6.10 Å². The Hall–Kier alpha value is -1.02. The Morgan fingerprint density at radius 1 is 1.10 bits per heavy atom. The summed E-state index contributed by atoms with van der Waals surface area (Å²) in [7, 11) is 0. The van der Waals surface area contributed by atoms with E-state index in [9.17, 15) is 0 Å². The van der Waals surface area contributed by atoms with Crippen molar-refractivity contribution in [2.45, 2.75) is 78.4 Å². The number of hydrogen-bond donors (Lipinski definition) is 1. The predicted molar refractivity (Wildman–Crippen MR) is 92.1 cm³/mol. The van der Waals surface area contributed by atoms with E-state index in [0.717, 1.165) is 25.1 Å². The molecule has 0 bridgehead atoms. The minimum absolute atomic E-state index is 0.207. The first-order valence-electron chi connectivity index (χ1n) is 8.41. The maximum absolute atomic E-state index is 5.98. The third-order valence-electron chi connectivity index (χ3n) is 3.52. The van der Waals surface area contributed by atoms with Crippen LogP contribution in [0.4, 0.5) is 0 Å². The second kappa shape index (κ2) is 9.09. The van der Waals surface area contributed by atoms with E-state index in [0.29, 0.717) is 0 Å². The van der Waals surface area contributed by atoms with Crippen LogP contribution in [0.5, 0.6) is 5.75 Å². The van der Waals surface area contributed by atoms with Crippen molar-refractivity contribution in [3.05, 3.63) is 29.8 Å². The minimum Gasteiger partial charge on any atom is -0.491 e. The molecule has 1 unspecified atom stereocenters. The Morgan fingerprint density at radius 2 is 1.76 bits per heavy atom. The molecule has 1 aromatic rings. The highest BCUT2D eigenvalue weighted by atomic mass is 16.5. The van der Waals surface area contributed by atoms with Crippen molar-refractivity contribution < 1.29 is 4.74 Å². The highest BCUT2D eigenvalue weighted by Crippen LogP contribution is 2.16. The molecule has 1 aromatic carbocycles. The Balaban J connectivity index is 2.26. The van der Waals surface area contributed by atoms with Crippen LogP contribution in [0.2, 0.25) is 0 Å². The summed E-state index contributed by atoms with van der Waals surface area (Å²) in [5.74, 6) is 0.992. The molecule has 21 heavy (non-hydrogen) atoms. The maximum atomic E-state index is 5.98. The molecule has 0 radical (unpaired) electrons. The van der Waals surface area contributed by atoms with Gasteiger partial charge in [0, 0.05) is 5.54 Å². The Morgan fingerprint density at radius 3 is 2.33 bits per heavy atom. The molecule has 0 fully saturated rings. The highest BCUT2D eigenvalue weighted by Gasteiger charge is 2.09. The molecular formula is C19H33NO. The summed E-state index contributed by atoms with van der Waals surface area (Å²) in [6.07, 6.45) is 6.18. The fourth-order valence-electron chi connectivity index (χ4n) is 2.26. The Kier molecular flexibility index (Phi) is 7.81. The summed E-state index contributed by atoms with van der Waals surface area (Å²) < 4.78 is 5.98. The summed E-state index contributed by atoms with van der Waals surface area (Å²) in [5.41, 5.74) is 1.62. The van der Waals surface area contributed by atoms with Gasteiger partial charge in [-0.15, -0.1) is 0 Å². The van der Waals surface area contributed by atoms with Gasteiger partial charge in [-0.05, 0) is 77.6 Å². The van der Waals surface area contributed by atoms with Gasteiger partial charge in [-0.3, -0.25) is 0 Å². The Labute approximate surface area is 131 Å². The molecule has 0 heterocycles. The first-order chi connectivity index (χ1) is 9.90. The fraction of sp³-hybridized carbons (Fsp3) is 0.684. The molecule has 1 atom stereocenters. The van der Waals surface area contributed by atoms with Crippen LogP contribution >= 0.6 is 0 Å². The van der Waals surface area contributed by atoms with Crippen molar-refractivity contribution in [1.82, 2.24) is 5.32 Å². The molecule has 1 rings (SSSR count).